The standard InChI is InChI=1S/C14H18O3/c1-9-6-5-7-11-8-12(17-13(9)11)14(3,15)10(2)16-4/h5-8,10,15H,1-4H3. The molecule has 0 radical (unpaired) electrons. The Morgan fingerprint density at radius 1 is 1.41 bits per heavy atom. The minimum absolute atomic E-state index is 0.330. The van der Waals surface area contributed by atoms with Crippen molar-refractivity contribution in [3.05, 3.63) is 35.6 Å². The summed E-state index contributed by atoms with van der Waals surface area (Å²) >= 11 is 0. The van der Waals surface area contributed by atoms with E-state index in [-0.39, 0.29) is 6.10 Å². The lowest BCUT2D eigenvalue weighted by Gasteiger charge is -2.26. The number of ether oxygens (including phenoxy) is 1. The Bertz CT molecular complexity index is 525. The average Bonchev–Trinajstić information content (AvgIpc) is 2.74. The number of benzene rings is 1. The van der Waals surface area contributed by atoms with Gasteiger partial charge in [-0.05, 0) is 32.4 Å². The van der Waals surface area contributed by atoms with Crippen LogP contribution in [0.1, 0.15) is 25.2 Å². The van der Waals surface area contributed by atoms with E-state index in [0.717, 1.165) is 16.5 Å². The van der Waals surface area contributed by atoms with Gasteiger partial charge in [0, 0.05) is 12.5 Å². The number of aryl methyl sites for hydroxylation is 1. The first-order chi connectivity index (χ1) is 7.96. The van der Waals surface area contributed by atoms with Crippen molar-refractivity contribution in [3.63, 3.8) is 0 Å². The van der Waals surface area contributed by atoms with E-state index < -0.39 is 5.60 Å². The predicted molar refractivity (Wildman–Crippen MR) is 67.0 cm³/mol. The minimum Gasteiger partial charge on any atom is -0.458 e. The molecule has 2 unspecified atom stereocenters. The van der Waals surface area contributed by atoms with Crippen molar-refractivity contribution < 1.29 is 14.3 Å². The van der Waals surface area contributed by atoms with Gasteiger partial charge >= 0.3 is 0 Å². The van der Waals surface area contributed by atoms with Crippen LogP contribution in [0, 0.1) is 6.92 Å². The Labute approximate surface area is 101 Å². The van der Waals surface area contributed by atoms with E-state index >= 15 is 0 Å². The zero-order valence-corrected chi connectivity index (χ0v) is 10.7. The summed E-state index contributed by atoms with van der Waals surface area (Å²) in [6.07, 6.45) is -0.330. The molecule has 1 heterocycles. The minimum atomic E-state index is -1.12. The maximum Gasteiger partial charge on any atom is 0.145 e. The van der Waals surface area contributed by atoms with Gasteiger partial charge in [0.15, 0.2) is 0 Å². The van der Waals surface area contributed by atoms with Crippen LogP contribution in [0.4, 0.5) is 0 Å². The first-order valence-corrected chi connectivity index (χ1v) is 5.71. The molecule has 0 aliphatic carbocycles. The maximum absolute atomic E-state index is 10.4. The molecule has 0 amide bonds. The smallest absolute Gasteiger partial charge is 0.145 e. The van der Waals surface area contributed by atoms with Gasteiger partial charge in [0.25, 0.3) is 0 Å². The summed E-state index contributed by atoms with van der Waals surface area (Å²) < 4.78 is 10.9. The molecule has 0 saturated carbocycles. The van der Waals surface area contributed by atoms with Gasteiger partial charge in [0.2, 0.25) is 0 Å². The molecular formula is C14H18O3. The second kappa shape index (κ2) is 4.17. The Morgan fingerprint density at radius 2 is 2.12 bits per heavy atom. The third-order valence-electron chi connectivity index (χ3n) is 3.38. The predicted octanol–water partition coefficient (Wildman–Crippen LogP) is 2.98. The van der Waals surface area contributed by atoms with Crippen molar-refractivity contribution in [1.29, 1.82) is 0 Å². The topological polar surface area (TPSA) is 42.6 Å². The molecule has 2 aromatic rings. The molecule has 1 N–H and O–H groups in total. The van der Waals surface area contributed by atoms with Crippen molar-refractivity contribution >= 4 is 11.0 Å². The Morgan fingerprint density at radius 3 is 2.71 bits per heavy atom. The molecule has 3 nitrogen and oxygen atoms in total. The molecule has 0 aliphatic rings. The molecule has 92 valence electrons. The monoisotopic (exact) mass is 234 g/mol. The largest absolute Gasteiger partial charge is 0.458 e. The number of rotatable bonds is 3. The van der Waals surface area contributed by atoms with E-state index in [0.29, 0.717) is 5.76 Å². The molecule has 2 rings (SSSR count). The van der Waals surface area contributed by atoms with E-state index in [9.17, 15) is 5.11 Å². The molecular weight excluding hydrogens is 216 g/mol. The second-order valence-corrected chi connectivity index (χ2v) is 4.63. The fraction of sp³-hybridized carbons (Fsp3) is 0.429. The summed E-state index contributed by atoms with van der Waals surface area (Å²) in [6.45, 7) is 5.51. The fourth-order valence-electron chi connectivity index (χ4n) is 1.89. The van der Waals surface area contributed by atoms with Crippen molar-refractivity contribution in [2.75, 3.05) is 7.11 Å². The highest BCUT2D eigenvalue weighted by Crippen LogP contribution is 2.32. The maximum atomic E-state index is 10.4. The van der Waals surface area contributed by atoms with Crippen LogP contribution in [-0.4, -0.2) is 18.3 Å². The first kappa shape index (κ1) is 12.1. The van der Waals surface area contributed by atoms with Crippen molar-refractivity contribution in [2.45, 2.75) is 32.5 Å². The summed E-state index contributed by atoms with van der Waals surface area (Å²) in [5.74, 6) is 0.538. The fourth-order valence-corrected chi connectivity index (χ4v) is 1.89. The highest BCUT2D eigenvalue weighted by atomic mass is 16.5. The summed E-state index contributed by atoms with van der Waals surface area (Å²) in [6, 6.07) is 7.82. The molecule has 0 bridgehead atoms. The number of fused-ring (bicyclic) bond motifs is 1. The number of para-hydroxylation sites is 1. The van der Waals surface area contributed by atoms with E-state index in [2.05, 4.69) is 0 Å². The van der Waals surface area contributed by atoms with Crippen LogP contribution in [0.2, 0.25) is 0 Å². The van der Waals surface area contributed by atoms with E-state index in [1.54, 1.807) is 14.0 Å². The normalized spacial score (nSPS) is 17.0. The number of methoxy groups -OCH3 is 1. The highest BCUT2D eigenvalue weighted by molar-refractivity contribution is 5.81. The van der Waals surface area contributed by atoms with Crippen LogP contribution < -0.4 is 0 Å². The van der Waals surface area contributed by atoms with Crippen LogP contribution in [0.25, 0.3) is 11.0 Å². The van der Waals surface area contributed by atoms with Gasteiger partial charge in [0.1, 0.15) is 16.9 Å². The first-order valence-electron chi connectivity index (χ1n) is 5.71. The lowest BCUT2D eigenvalue weighted by molar-refractivity contribution is -0.0885. The molecule has 1 aromatic heterocycles. The lowest BCUT2D eigenvalue weighted by atomic mass is 9.97. The summed E-state index contributed by atoms with van der Waals surface area (Å²) in [5, 5.41) is 11.4. The summed E-state index contributed by atoms with van der Waals surface area (Å²) in [7, 11) is 1.58. The number of aliphatic hydroxyl groups is 1. The molecule has 1 aromatic carbocycles. The van der Waals surface area contributed by atoms with Gasteiger partial charge in [-0.1, -0.05) is 18.2 Å². The molecule has 0 spiro atoms. The van der Waals surface area contributed by atoms with E-state index in [4.69, 9.17) is 9.15 Å². The number of hydrogen-bond acceptors (Lipinski definition) is 3. The van der Waals surface area contributed by atoms with Crippen LogP contribution in [0.15, 0.2) is 28.7 Å². The average molecular weight is 234 g/mol. The van der Waals surface area contributed by atoms with Crippen LogP contribution in [0.5, 0.6) is 0 Å². The zero-order valence-electron chi connectivity index (χ0n) is 10.7. The summed E-state index contributed by atoms with van der Waals surface area (Å²) in [4.78, 5) is 0. The quantitative estimate of drug-likeness (QED) is 0.887. The molecule has 0 saturated heterocycles. The molecule has 0 fully saturated rings. The molecule has 17 heavy (non-hydrogen) atoms. The molecule has 3 heteroatoms. The van der Waals surface area contributed by atoms with Gasteiger partial charge in [0.05, 0.1) is 6.10 Å². The van der Waals surface area contributed by atoms with Crippen LogP contribution >= 0.6 is 0 Å². The van der Waals surface area contributed by atoms with E-state index in [1.807, 2.05) is 38.1 Å². The molecule has 0 aliphatic heterocycles. The Kier molecular flexibility index (Phi) is 2.98. The summed E-state index contributed by atoms with van der Waals surface area (Å²) in [5.41, 5.74) is 0.765. The van der Waals surface area contributed by atoms with Crippen molar-refractivity contribution in [3.8, 4) is 0 Å². The Hall–Kier alpha value is -1.32. The third-order valence-corrected chi connectivity index (χ3v) is 3.38. The van der Waals surface area contributed by atoms with Gasteiger partial charge in [-0.15, -0.1) is 0 Å². The SMILES string of the molecule is COC(C)C(C)(O)c1cc2cccc(C)c2o1. The lowest BCUT2D eigenvalue weighted by Crippen LogP contribution is -2.35. The van der Waals surface area contributed by atoms with Crippen LogP contribution in [0.3, 0.4) is 0 Å². The second-order valence-electron chi connectivity index (χ2n) is 4.63. The van der Waals surface area contributed by atoms with Gasteiger partial charge in [-0.25, -0.2) is 0 Å². The number of furan rings is 1. The Balaban J connectivity index is 2.53. The van der Waals surface area contributed by atoms with Gasteiger partial charge in [-0.2, -0.15) is 0 Å². The zero-order chi connectivity index (χ0) is 12.6. The van der Waals surface area contributed by atoms with Crippen molar-refractivity contribution in [1.82, 2.24) is 0 Å². The van der Waals surface area contributed by atoms with Gasteiger partial charge in [-0.3, -0.25) is 0 Å². The highest BCUT2D eigenvalue weighted by Gasteiger charge is 2.34. The van der Waals surface area contributed by atoms with E-state index in [1.165, 1.54) is 0 Å². The number of hydrogen-bond donors (Lipinski definition) is 1. The van der Waals surface area contributed by atoms with Crippen molar-refractivity contribution in [2.24, 2.45) is 0 Å². The van der Waals surface area contributed by atoms with Gasteiger partial charge < -0.3 is 14.3 Å². The molecule has 2 atom stereocenters. The van der Waals surface area contributed by atoms with Crippen LogP contribution in [-0.2, 0) is 10.3 Å². The third kappa shape index (κ3) is 1.96.